The minimum absolute atomic E-state index is 0.0723. The van der Waals surface area contributed by atoms with Gasteiger partial charge >= 0.3 is 6.03 Å². The summed E-state index contributed by atoms with van der Waals surface area (Å²) >= 11 is 0. The van der Waals surface area contributed by atoms with Crippen LogP contribution in [0.1, 0.15) is 24.4 Å². The van der Waals surface area contributed by atoms with Crippen LogP contribution in [-0.2, 0) is 0 Å². The number of aromatic nitrogens is 2. The highest BCUT2D eigenvalue weighted by molar-refractivity contribution is 5.92. The quantitative estimate of drug-likeness (QED) is 0.704. The van der Waals surface area contributed by atoms with Gasteiger partial charge in [-0.05, 0) is 49.2 Å². The summed E-state index contributed by atoms with van der Waals surface area (Å²) in [5.41, 5.74) is 2.49. The van der Waals surface area contributed by atoms with Crippen molar-refractivity contribution >= 4 is 11.7 Å². The Bertz CT molecular complexity index is 987. The molecule has 1 aromatic heterocycles. The number of urea groups is 1. The zero-order valence-electron chi connectivity index (χ0n) is 16.5. The minimum Gasteiger partial charge on any atom is -0.497 e. The van der Waals surface area contributed by atoms with Crippen LogP contribution in [0.5, 0.6) is 11.5 Å². The number of para-hydroxylation sites is 2. The molecular weight excluding hydrogens is 368 g/mol. The Labute approximate surface area is 169 Å². The van der Waals surface area contributed by atoms with E-state index < -0.39 is 0 Å². The van der Waals surface area contributed by atoms with Crippen molar-refractivity contribution < 1.29 is 14.3 Å². The number of amides is 2. The van der Waals surface area contributed by atoms with Gasteiger partial charge in [0.05, 0.1) is 31.6 Å². The molecule has 3 aromatic rings. The molecule has 2 amide bonds. The number of hydrogen-bond acceptors (Lipinski definition) is 4. The van der Waals surface area contributed by atoms with Crippen molar-refractivity contribution in [2.24, 2.45) is 0 Å². The van der Waals surface area contributed by atoms with Crippen molar-refractivity contribution in [3.8, 4) is 17.2 Å². The molecule has 1 aliphatic rings. The van der Waals surface area contributed by atoms with Crippen molar-refractivity contribution in [3.63, 3.8) is 0 Å². The van der Waals surface area contributed by atoms with Crippen molar-refractivity contribution in [2.45, 2.75) is 18.9 Å². The van der Waals surface area contributed by atoms with E-state index in [1.54, 1.807) is 25.1 Å². The van der Waals surface area contributed by atoms with Gasteiger partial charge in [-0.1, -0.05) is 12.1 Å². The minimum atomic E-state index is -0.142. The molecule has 0 saturated carbocycles. The lowest BCUT2D eigenvalue weighted by molar-refractivity contribution is 0.206. The first-order valence-corrected chi connectivity index (χ1v) is 9.60. The fourth-order valence-electron chi connectivity index (χ4n) is 3.81. The van der Waals surface area contributed by atoms with E-state index in [-0.39, 0.29) is 12.1 Å². The fraction of sp³-hybridized carbons (Fsp3) is 0.273. The number of hydrogen-bond donors (Lipinski definition) is 1. The van der Waals surface area contributed by atoms with Gasteiger partial charge in [-0.25, -0.2) is 9.48 Å². The first-order chi connectivity index (χ1) is 14.2. The second-order valence-electron chi connectivity index (χ2n) is 6.86. The molecule has 29 heavy (non-hydrogen) atoms. The molecule has 1 atom stereocenters. The van der Waals surface area contributed by atoms with E-state index in [9.17, 15) is 4.79 Å². The number of nitrogens with zero attached hydrogens (tertiary/aromatic N) is 3. The molecule has 7 heteroatoms. The van der Waals surface area contributed by atoms with Gasteiger partial charge in [-0.3, -0.25) is 0 Å². The van der Waals surface area contributed by atoms with Gasteiger partial charge in [-0.2, -0.15) is 5.10 Å². The summed E-state index contributed by atoms with van der Waals surface area (Å²) in [6, 6.07) is 15.0. The molecule has 0 aliphatic carbocycles. The number of carbonyl (C=O) groups excluding carboxylic acids is 1. The van der Waals surface area contributed by atoms with Crippen LogP contribution in [0.15, 0.2) is 60.9 Å². The van der Waals surface area contributed by atoms with E-state index in [0.717, 1.165) is 35.6 Å². The van der Waals surface area contributed by atoms with E-state index in [2.05, 4.69) is 10.4 Å². The van der Waals surface area contributed by atoms with Gasteiger partial charge in [-0.15, -0.1) is 0 Å². The molecule has 0 radical (unpaired) electrons. The average Bonchev–Trinajstić information content (AvgIpc) is 3.46. The highest BCUT2D eigenvalue weighted by Crippen LogP contribution is 2.39. The number of ether oxygens (including phenoxy) is 2. The van der Waals surface area contributed by atoms with Crippen molar-refractivity contribution in [1.82, 2.24) is 14.7 Å². The molecule has 0 bridgehead atoms. The maximum atomic E-state index is 13.2. The maximum Gasteiger partial charge on any atom is 0.322 e. The Balaban J connectivity index is 1.60. The fourth-order valence-corrected chi connectivity index (χ4v) is 3.81. The third-order valence-corrected chi connectivity index (χ3v) is 5.21. The zero-order chi connectivity index (χ0) is 20.2. The lowest BCUT2D eigenvalue weighted by atomic mass is 10.0. The Morgan fingerprint density at radius 2 is 2.00 bits per heavy atom. The van der Waals surface area contributed by atoms with E-state index in [4.69, 9.17) is 9.47 Å². The molecule has 4 rings (SSSR count). The Kier molecular flexibility index (Phi) is 5.37. The molecule has 1 fully saturated rings. The van der Waals surface area contributed by atoms with Crippen LogP contribution in [0, 0.1) is 0 Å². The van der Waals surface area contributed by atoms with E-state index in [1.807, 2.05) is 59.6 Å². The molecule has 1 N–H and O–H groups in total. The summed E-state index contributed by atoms with van der Waals surface area (Å²) in [6.07, 6.45) is 5.37. The normalized spacial score (nSPS) is 15.9. The number of likely N-dealkylation sites (tertiary alicyclic amines) is 1. The smallest absolute Gasteiger partial charge is 0.322 e. The second-order valence-corrected chi connectivity index (χ2v) is 6.86. The molecule has 2 heterocycles. The third kappa shape index (κ3) is 3.76. The highest BCUT2D eigenvalue weighted by Gasteiger charge is 2.32. The largest absolute Gasteiger partial charge is 0.497 e. The molecule has 2 aromatic carbocycles. The van der Waals surface area contributed by atoms with Gasteiger partial charge in [0.1, 0.15) is 11.5 Å². The van der Waals surface area contributed by atoms with Crippen LogP contribution >= 0.6 is 0 Å². The third-order valence-electron chi connectivity index (χ3n) is 5.21. The van der Waals surface area contributed by atoms with Crippen molar-refractivity contribution in [2.75, 3.05) is 26.1 Å². The number of rotatable bonds is 5. The summed E-state index contributed by atoms with van der Waals surface area (Å²) in [7, 11) is 3.28. The first kappa shape index (κ1) is 18.9. The Morgan fingerprint density at radius 1 is 1.14 bits per heavy atom. The van der Waals surface area contributed by atoms with Crippen LogP contribution in [-0.4, -0.2) is 41.5 Å². The van der Waals surface area contributed by atoms with Gasteiger partial charge in [0, 0.05) is 24.5 Å². The van der Waals surface area contributed by atoms with Crippen LogP contribution in [0.3, 0.4) is 0 Å². The number of methoxy groups -OCH3 is 2. The predicted molar refractivity (Wildman–Crippen MR) is 111 cm³/mol. The van der Waals surface area contributed by atoms with Crippen LogP contribution < -0.4 is 14.8 Å². The SMILES string of the molecule is COc1ccc(OC)c([C@@H]2CCCN2C(=O)Nc2ccccc2-n2cccn2)c1. The molecule has 0 spiro atoms. The van der Waals surface area contributed by atoms with Gasteiger partial charge in [0.15, 0.2) is 0 Å². The summed E-state index contributed by atoms with van der Waals surface area (Å²) in [4.78, 5) is 15.0. The topological polar surface area (TPSA) is 68.6 Å². The summed E-state index contributed by atoms with van der Waals surface area (Å²) in [5, 5.41) is 7.34. The molecule has 150 valence electrons. The number of carbonyl (C=O) groups is 1. The number of benzene rings is 2. The van der Waals surface area contributed by atoms with Gasteiger partial charge < -0.3 is 19.7 Å². The lowest BCUT2D eigenvalue weighted by Gasteiger charge is -2.27. The molecule has 7 nitrogen and oxygen atoms in total. The Hall–Kier alpha value is -3.48. The molecule has 1 saturated heterocycles. The second kappa shape index (κ2) is 8.26. The van der Waals surface area contributed by atoms with Gasteiger partial charge in [0.2, 0.25) is 0 Å². The first-order valence-electron chi connectivity index (χ1n) is 9.60. The van der Waals surface area contributed by atoms with E-state index in [0.29, 0.717) is 12.2 Å². The summed E-state index contributed by atoms with van der Waals surface area (Å²) < 4.78 is 12.7. The standard InChI is InChI=1S/C22H24N4O3/c1-28-16-10-11-21(29-2)17(15-16)19-9-5-13-25(19)22(27)24-18-7-3-4-8-20(18)26-14-6-12-23-26/h3-4,6-8,10-12,14-15,19H,5,9,13H2,1-2H3,(H,24,27)/t19-/m0/s1. The molecule has 0 unspecified atom stereocenters. The van der Waals surface area contributed by atoms with Gasteiger partial charge in [0.25, 0.3) is 0 Å². The highest BCUT2D eigenvalue weighted by atomic mass is 16.5. The average molecular weight is 392 g/mol. The number of nitrogens with one attached hydrogen (secondary N) is 1. The van der Waals surface area contributed by atoms with E-state index in [1.165, 1.54) is 0 Å². The van der Waals surface area contributed by atoms with Crippen LogP contribution in [0.2, 0.25) is 0 Å². The zero-order valence-corrected chi connectivity index (χ0v) is 16.5. The molecule has 1 aliphatic heterocycles. The molecular formula is C22H24N4O3. The number of anilines is 1. The predicted octanol–water partition coefficient (Wildman–Crippen LogP) is 4.26. The summed E-state index contributed by atoms with van der Waals surface area (Å²) in [5.74, 6) is 1.50. The summed E-state index contributed by atoms with van der Waals surface area (Å²) in [6.45, 7) is 0.681. The van der Waals surface area contributed by atoms with Crippen LogP contribution in [0.25, 0.3) is 5.69 Å². The lowest BCUT2D eigenvalue weighted by Crippen LogP contribution is -2.34. The monoisotopic (exact) mass is 392 g/mol. The maximum absolute atomic E-state index is 13.2. The van der Waals surface area contributed by atoms with Crippen molar-refractivity contribution in [3.05, 3.63) is 66.5 Å². The Morgan fingerprint density at radius 3 is 2.76 bits per heavy atom. The van der Waals surface area contributed by atoms with E-state index >= 15 is 0 Å². The van der Waals surface area contributed by atoms with Crippen molar-refractivity contribution in [1.29, 1.82) is 0 Å². The van der Waals surface area contributed by atoms with Crippen LogP contribution in [0.4, 0.5) is 10.5 Å².